The van der Waals surface area contributed by atoms with Gasteiger partial charge in [0.15, 0.2) is 4.48 Å². The molecule has 1 saturated heterocycles. The first-order valence-corrected chi connectivity index (χ1v) is 50.9. The average Bonchev–Trinajstić information content (AvgIpc) is 1.62. The molecule has 15 nitrogen and oxygen atoms in total. The van der Waals surface area contributed by atoms with E-state index in [1.165, 1.54) is 77.4 Å². The fourth-order valence-electron chi connectivity index (χ4n) is 16.5. The van der Waals surface area contributed by atoms with Gasteiger partial charge >= 0.3 is 0 Å². The Balaban J connectivity index is 0.000000160. The zero-order valence-corrected chi connectivity index (χ0v) is 81.8. The van der Waals surface area contributed by atoms with Crippen molar-refractivity contribution in [2.24, 2.45) is 11.5 Å². The van der Waals surface area contributed by atoms with Crippen molar-refractivity contribution in [3.05, 3.63) is 352 Å². The quantitative estimate of drug-likeness (QED) is 0.00574. The van der Waals surface area contributed by atoms with Crippen molar-refractivity contribution >= 4 is 39.9 Å². The first-order chi connectivity index (χ1) is 64.8. The number of halogens is 12. The molecule has 9 aromatic rings. The molecule has 0 unspecified atom stereocenters. The predicted octanol–water partition coefficient (Wildman–Crippen LogP) is 16.2. The number of nitrogens with two attached hydrogens (primary N) is 2. The highest BCUT2D eigenvalue weighted by Gasteiger charge is 2.49. The largest absolute Gasteiger partial charge is 0.390 e. The molecule has 1 heterocycles. The minimum Gasteiger partial charge on any atom is -0.390 e. The first kappa shape index (κ1) is 107. The number of allylic oxidation sites excluding steroid dienone is 4. The second kappa shape index (κ2) is 49.0. The fraction of sp³-hybridized carbons (Fsp3) is 0.389. The maximum absolute atomic E-state index is 13.5. The Morgan fingerprint density at radius 1 is 0.426 bits per heavy atom. The molecule has 0 bridgehead atoms. The number of nitrogens with one attached hydrogen (secondary N) is 8. The van der Waals surface area contributed by atoms with E-state index in [4.69, 9.17) is 29.1 Å². The number of rotatable bonds is 36. The number of ether oxygens (including phenoxy) is 1. The van der Waals surface area contributed by atoms with Crippen molar-refractivity contribution in [1.82, 2.24) is 42.5 Å². The number of aliphatic hydroxyl groups is 4. The third-order valence-corrected chi connectivity index (χ3v) is 27.2. The van der Waals surface area contributed by atoms with Crippen molar-refractivity contribution in [3.8, 4) is 36.2 Å². The summed E-state index contributed by atoms with van der Waals surface area (Å²) < 4.78 is 140. The van der Waals surface area contributed by atoms with Gasteiger partial charge in [-0.1, -0.05) is 102 Å². The highest BCUT2D eigenvalue weighted by atomic mass is 79.9. The second-order valence-corrected chi connectivity index (χ2v) is 43.8. The molecule has 5 saturated carbocycles. The predicted molar refractivity (Wildman–Crippen MR) is 528 cm³/mol. The van der Waals surface area contributed by atoms with Crippen LogP contribution in [-0.4, -0.2) is 156 Å². The Labute approximate surface area is 811 Å². The number of hydrogen-bond acceptors (Lipinski definition) is 15. The molecular weight excluding hydrogens is 1900 g/mol. The van der Waals surface area contributed by atoms with Gasteiger partial charge in [-0.15, -0.1) is 18.4 Å². The van der Waals surface area contributed by atoms with Gasteiger partial charge in [0.05, 0.1) is 66.5 Å². The number of aliphatic hydroxyl groups excluding tert-OH is 4. The van der Waals surface area contributed by atoms with Gasteiger partial charge in [-0.05, 0) is 300 Å². The van der Waals surface area contributed by atoms with E-state index in [0.29, 0.717) is 79.7 Å². The van der Waals surface area contributed by atoms with E-state index in [1.54, 1.807) is 21.1 Å². The van der Waals surface area contributed by atoms with E-state index in [1.807, 2.05) is 98.1 Å². The van der Waals surface area contributed by atoms with Gasteiger partial charge in [-0.3, -0.25) is 0 Å². The molecule has 6 aliphatic carbocycles. The number of hydrogen-bond donors (Lipinski definition) is 14. The summed E-state index contributed by atoms with van der Waals surface area (Å²) in [5, 5.41) is 68.4. The van der Waals surface area contributed by atoms with Crippen molar-refractivity contribution in [1.29, 1.82) is 0 Å². The highest BCUT2D eigenvalue weighted by molar-refractivity contribution is 9.11. The van der Waals surface area contributed by atoms with Gasteiger partial charge in [-0.2, -0.15) is 0 Å². The molecule has 6 fully saturated rings. The van der Waals surface area contributed by atoms with Gasteiger partial charge in [0, 0.05) is 130 Å². The molecular formula is C108H123Br2F10N10O5Si+. The lowest BCUT2D eigenvalue weighted by Gasteiger charge is -2.26. The maximum Gasteiger partial charge on any atom is 0.181 e. The van der Waals surface area contributed by atoms with Crippen LogP contribution >= 0.6 is 31.9 Å². The van der Waals surface area contributed by atoms with Crippen molar-refractivity contribution in [2.45, 2.75) is 204 Å². The van der Waals surface area contributed by atoms with Gasteiger partial charge in [0.25, 0.3) is 0 Å². The van der Waals surface area contributed by atoms with Crippen LogP contribution in [0, 0.1) is 100 Å². The minimum absolute atomic E-state index is 0.0163. The zero-order valence-electron chi connectivity index (χ0n) is 77.6. The summed E-state index contributed by atoms with van der Waals surface area (Å²) in [6, 6.07) is 48.0. The monoisotopic (exact) mass is 2020 g/mol. The lowest BCUT2D eigenvalue weighted by Crippen LogP contribution is -2.47. The molecule has 1 aliphatic heterocycles. The van der Waals surface area contributed by atoms with Crippen molar-refractivity contribution in [2.75, 3.05) is 61.0 Å². The molecule has 136 heavy (non-hydrogen) atoms. The summed E-state index contributed by atoms with van der Waals surface area (Å²) in [4.78, 5) is 0. The molecule has 0 radical (unpaired) electrons. The molecule has 28 heteroatoms. The highest BCUT2D eigenvalue weighted by Crippen LogP contribution is 2.49. The average molecular weight is 2020 g/mol. The van der Waals surface area contributed by atoms with Gasteiger partial charge in [-0.25, -0.2) is 43.9 Å². The topological polar surface area (TPSA) is 242 Å². The first-order valence-electron chi connectivity index (χ1n) is 45.8. The summed E-state index contributed by atoms with van der Waals surface area (Å²) >= 11 is 6.87. The van der Waals surface area contributed by atoms with E-state index in [0.717, 1.165) is 138 Å². The zero-order chi connectivity index (χ0) is 98.3. The van der Waals surface area contributed by atoms with E-state index < -0.39 is 96.7 Å². The lowest BCUT2D eigenvalue weighted by atomic mass is 9.99. The van der Waals surface area contributed by atoms with Gasteiger partial charge in [0.2, 0.25) is 0 Å². The Hall–Kier alpha value is -9.33. The summed E-state index contributed by atoms with van der Waals surface area (Å²) in [7, 11) is 5.60. The summed E-state index contributed by atoms with van der Waals surface area (Å²) in [6.45, 7) is 8.85. The van der Waals surface area contributed by atoms with Crippen LogP contribution in [0.4, 0.5) is 43.9 Å². The van der Waals surface area contributed by atoms with E-state index in [2.05, 4.69) is 148 Å². The Morgan fingerprint density at radius 2 is 0.735 bits per heavy atom. The number of likely N-dealkylation sites (N-methyl/N-ethyl adjacent to an activating group) is 4. The Bertz CT molecular complexity index is 5680. The third-order valence-electron chi connectivity index (χ3n) is 25.4. The smallest absolute Gasteiger partial charge is 0.181 e. The lowest BCUT2D eigenvalue weighted by molar-refractivity contribution is 0.123. The molecule has 7 aliphatic rings. The molecule has 10 atom stereocenters. The third kappa shape index (κ3) is 32.9. The van der Waals surface area contributed by atoms with Crippen LogP contribution in [0.2, 0.25) is 19.6 Å². The summed E-state index contributed by atoms with van der Waals surface area (Å²) in [5.41, 5.74) is 26.0. The number of epoxide rings is 1. The Kier molecular flexibility index (Phi) is 38.6. The molecule has 0 spiro atoms. The molecule has 0 aromatic heterocycles. The van der Waals surface area contributed by atoms with Crippen molar-refractivity contribution in [3.63, 3.8) is 0 Å². The molecule has 16 N–H and O–H groups in total. The SMILES string of the molecule is C#Cc1cccc(C2(NC[C@@H](O)[C@@H](N)Cc3cc(F)cc(F)c3)CC2)c1.C#Cc1cccc(C2(NC[C@@H](O)[C@H](Cc3cc(F)cc(F)c3)NC)CC2)c1.CN[C@@H](Cc1cc(F)cc(F)c1)[C@@H]1CO1.CN[C@@H](Cc1cc(F)cc(F)c1)[C@H](O)CNC1(c2cccc(Br)c2)CC1.CN[C@@H](Cc1cc(F)cc(F)c1)[C@H](O)CNC1(c2cccc(C#C[Si](C)(C)C)c2)CC1.NC1(C2=CC(Br)=[C+]C=C2)CC1. The van der Waals surface area contributed by atoms with Gasteiger partial charge in [0.1, 0.15) is 72.3 Å². The number of benzene rings is 9. The molecule has 722 valence electrons. The second-order valence-electron chi connectivity index (χ2n) is 37.3. The van der Waals surface area contributed by atoms with Crippen LogP contribution in [0.25, 0.3) is 0 Å². The van der Waals surface area contributed by atoms with Crippen LogP contribution in [0.15, 0.2) is 221 Å². The van der Waals surface area contributed by atoms with Crippen molar-refractivity contribution < 1.29 is 69.1 Å². The fourth-order valence-corrected chi connectivity index (χ4v) is 17.8. The summed E-state index contributed by atoms with van der Waals surface area (Å²) in [5.74, 6) is 2.59. The summed E-state index contributed by atoms with van der Waals surface area (Å²) in [6.07, 6.45) is 29.1. The maximum atomic E-state index is 13.5. The van der Waals surface area contributed by atoms with E-state index in [-0.39, 0.29) is 64.4 Å². The normalized spacial score (nSPS) is 18.4. The Morgan fingerprint density at radius 3 is 1.03 bits per heavy atom. The van der Waals surface area contributed by atoms with Crippen LogP contribution in [0.1, 0.15) is 131 Å². The standard InChI is InChI=1S/C25H32F2N2OSi.C22H24F2N2O.C21H22F2N2O.C20H23BrF2N2O.C11H13F2NO.C9H9BrN/c1-28-23(15-19-13-21(26)16-22(27)14-19)24(30)17-29-25(9-10-25)20-7-5-6-18(12-20)8-11-31(2,3)4;1-3-15-5-4-6-17(9-15)22(7-8-22)26-14-21(27)20(25-2)12-16-10-18(23)13-19(24)11-16;1-2-14-4-3-5-16(8-14)21(6-7-21)25-13-20(26)19(24)11-15-9-17(22)12-18(23)10-15;1-24-18(9-13-7-16(22)11-17(23)8-13)19(26)12-25-20(5-6-20)14-3-2-4-15(21)10-14;1-14-10(11-6-15-11)4-7-2-8(12)5-9(13)3-7;10-8-3-1-2-7(6-8)9(11)4-5-9/h5-7,12-14,16,23-24,28-30H,9-10,15,17H2,1-4H3;1,4-6,9-11,13,20-21,25-27H,7-8,12,14H2,2H3;1,3-5,8-10,12,19-20,25-26H,6-7,11,13,24H2;2-4,7-8,10-11,18-19,24-26H,5-6,9,12H2,1H3;2-3,5,10-11,14H,4,6H2,1H3;1-2,6H,4-5,11H2/q;;;;;+1/t23-,24+;20-,21+;19-,20+;18-,19+;10-,11-;/m00000./s1. The van der Waals surface area contributed by atoms with Crippen LogP contribution in [0.3, 0.4) is 0 Å². The van der Waals surface area contributed by atoms with Crippen LogP contribution in [0.5, 0.6) is 0 Å². The molecule has 9 aromatic carbocycles. The van der Waals surface area contributed by atoms with Crippen LogP contribution in [-0.2, 0) is 59.0 Å². The molecule has 0 amide bonds. The molecule has 16 rings (SSSR count). The number of terminal acetylenes is 2. The van der Waals surface area contributed by atoms with Crippen LogP contribution < -0.4 is 54.0 Å². The van der Waals surface area contributed by atoms with Gasteiger partial charge < -0.3 is 79.2 Å². The van der Waals surface area contributed by atoms with E-state index in [9.17, 15) is 64.3 Å². The van der Waals surface area contributed by atoms with E-state index >= 15 is 0 Å². The minimum atomic E-state index is -1.44.